The van der Waals surface area contributed by atoms with Crippen LogP contribution in [0.4, 0.5) is 11.4 Å². The molecule has 4 aliphatic rings. The molecule has 6 nitrogen and oxygen atoms in total. The fourth-order valence-corrected chi connectivity index (χ4v) is 8.50. The molecule has 2 fully saturated rings. The Morgan fingerprint density at radius 2 is 1.27 bits per heavy atom. The van der Waals surface area contributed by atoms with E-state index < -0.39 is 5.60 Å². The van der Waals surface area contributed by atoms with Gasteiger partial charge in [-0.05, 0) is 70.1 Å². The van der Waals surface area contributed by atoms with Crippen molar-refractivity contribution in [2.45, 2.75) is 24.9 Å². The Balaban J connectivity index is 1.21. The molecule has 248 valence electrons. The minimum absolute atomic E-state index is 0.227. The average molecular weight is 651 g/mol. The topological polar surface area (TPSA) is 43.4 Å². The molecule has 2 saturated heterocycles. The van der Waals surface area contributed by atoms with Crippen LogP contribution in [0.3, 0.4) is 0 Å². The zero-order valence-corrected chi connectivity index (χ0v) is 28.5. The van der Waals surface area contributed by atoms with E-state index in [1.54, 1.807) is 7.11 Å². The summed E-state index contributed by atoms with van der Waals surface area (Å²) in [6.45, 7) is 11.4. The third-order valence-corrected chi connectivity index (χ3v) is 11.1. The van der Waals surface area contributed by atoms with Crippen LogP contribution >= 0.6 is 0 Å². The Kier molecular flexibility index (Phi) is 7.22. The molecule has 0 amide bonds. The molecule has 3 heterocycles. The lowest BCUT2D eigenvalue weighted by molar-refractivity contribution is 0.122. The minimum Gasteiger partial charge on any atom is -0.497 e. The van der Waals surface area contributed by atoms with Gasteiger partial charge in [0.25, 0.3) is 0 Å². The van der Waals surface area contributed by atoms with Crippen LogP contribution in [-0.2, 0) is 20.5 Å². The summed E-state index contributed by atoms with van der Waals surface area (Å²) < 4.78 is 24.4. The van der Waals surface area contributed by atoms with Crippen molar-refractivity contribution in [1.29, 1.82) is 0 Å². The van der Waals surface area contributed by atoms with E-state index in [-0.39, 0.29) is 5.41 Å². The number of hydrogen-bond donors (Lipinski definition) is 0. The summed E-state index contributed by atoms with van der Waals surface area (Å²) in [5.41, 5.74) is 10.0. The third kappa shape index (κ3) is 4.76. The van der Waals surface area contributed by atoms with Gasteiger partial charge in [0.1, 0.15) is 11.5 Å². The molecule has 1 aliphatic carbocycles. The van der Waals surface area contributed by atoms with Gasteiger partial charge in [0.2, 0.25) is 0 Å². The van der Waals surface area contributed by atoms with Gasteiger partial charge in [0, 0.05) is 65.0 Å². The van der Waals surface area contributed by atoms with E-state index in [0.717, 1.165) is 86.2 Å². The molecule has 1 unspecified atom stereocenters. The normalized spacial score (nSPS) is 20.8. The van der Waals surface area contributed by atoms with Crippen LogP contribution in [0.5, 0.6) is 11.5 Å². The summed E-state index contributed by atoms with van der Waals surface area (Å²) in [4.78, 5) is 4.84. The van der Waals surface area contributed by atoms with Gasteiger partial charge in [-0.1, -0.05) is 74.5 Å². The zero-order chi connectivity index (χ0) is 33.2. The van der Waals surface area contributed by atoms with E-state index in [1.807, 2.05) is 12.1 Å². The Morgan fingerprint density at radius 1 is 0.673 bits per heavy atom. The quantitative estimate of drug-likeness (QED) is 0.191. The van der Waals surface area contributed by atoms with E-state index in [0.29, 0.717) is 0 Å². The highest BCUT2D eigenvalue weighted by Crippen LogP contribution is 2.58. The predicted octanol–water partition coefficient (Wildman–Crippen LogP) is 8.18. The van der Waals surface area contributed by atoms with E-state index >= 15 is 0 Å². The minimum atomic E-state index is -0.834. The summed E-state index contributed by atoms with van der Waals surface area (Å²) in [7, 11) is 1.71. The monoisotopic (exact) mass is 650 g/mol. The van der Waals surface area contributed by atoms with Gasteiger partial charge < -0.3 is 28.7 Å². The summed E-state index contributed by atoms with van der Waals surface area (Å²) >= 11 is 0. The first-order chi connectivity index (χ1) is 24.0. The second kappa shape index (κ2) is 11.7. The third-order valence-electron chi connectivity index (χ3n) is 11.1. The Labute approximate surface area is 288 Å². The van der Waals surface area contributed by atoms with Gasteiger partial charge in [-0.25, -0.2) is 0 Å². The summed E-state index contributed by atoms with van der Waals surface area (Å²) in [5.74, 6) is 1.75. The molecule has 5 aromatic carbocycles. The Hall–Kier alpha value is -4.78. The molecule has 0 bridgehead atoms. The second-order valence-corrected chi connectivity index (χ2v) is 14.0. The number of benzene rings is 5. The fraction of sp³-hybridized carbons (Fsp3) is 0.302. The van der Waals surface area contributed by atoms with Gasteiger partial charge in [0.15, 0.2) is 5.60 Å². The van der Waals surface area contributed by atoms with E-state index in [9.17, 15) is 0 Å². The molecule has 3 aliphatic heterocycles. The molecule has 0 saturated carbocycles. The molecule has 0 spiro atoms. The summed E-state index contributed by atoms with van der Waals surface area (Å²) in [5, 5.41) is 2.35. The number of nitrogens with zero attached hydrogens (tertiary/aromatic N) is 2. The van der Waals surface area contributed by atoms with Gasteiger partial charge in [-0.2, -0.15) is 0 Å². The van der Waals surface area contributed by atoms with Crippen LogP contribution in [0.25, 0.3) is 28.0 Å². The molecule has 49 heavy (non-hydrogen) atoms. The molecule has 6 heteroatoms. The Morgan fingerprint density at radius 3 is 1.92 bits per heavy atom. The molecule has 0 aromatic heterocycles. The maximum absolute atomic E-state index is 7.52. The SMILES string of the molecule is COc1ccc(C2(c3ccc(N4CCOCC4)cc3)C=Cc3c4c(c5ccccc5c3O2)-c2ccc(N3CCOCC3)cc2C4(C)C)cc1. The van der Waals surface area contributed by atoms with Crippen LogP contribution in [0.2, 0.25) is 0 Å². The Bertz CT molecular complexity index is 2070. The van der Waals surface area contributed by atoms with Crippen LogP contribution in [0.1, 0.15) is 41.7 Å². The van der Waals surface area contributed by atoms with Gasteiger partial charge in [-0.15, -0.1) is 0 Å². The first-order valence-corrected chi connectivity index (χ1v) is 17.5. The van der Waals surface area contributed by atoms with Crippen LogP contribution in [-0.4, -0.2) is 59.7 Å². The molecule has 5 aromatic rings. The highest BCUT2D eigenvalue weighted by Gasteiger charge is 2.44. The maximum Gasteiger partial charge on any atom is 0.178 e. The number of morpholine rings is 2. The predicted molar refractivity (Wildman–Crippen MR) is 197 cm³/mol. The molecule has 1 atom stereocenters. The van der Waals surface area contributed by atoms with Crippen molar-refractivity contribution in [3.63, 3.8) is 0 Å². The highest BCUT2D eigenvalue weighted by molar-refractivity contribution is 6.08. The second-order valence-electron chi connectivity index (χ2n) is 14.0. The lowest BCUT2D eigenvalue weighted by atomic mass is 9.76. The van der Waals surface area contributed by atoms with Gasteiger partial charge >= 0.3 is 0 Å². The van der Waals surface area contributed by atoms with Crippen molar-refractivity contribution in [2.75, 3.05) is 69.5 Å². The average Bonchev–Trinajstić information content (AvgIpc) is 3.41. The van der Waals surface area contributed by atoms with Crippen LogP contribution < -0.4 is 19.3 Å². The maximum atomic E-state index is 7.52. The van der Waals surface area contributed by atoms with E-state index in [1.165, 1.54) is 39.0 Å². The number of methoxy groups -OCH3 is 1. The molecule has 9 rings (SSSR count). The van der Waals surface area contributed by atoms with Crippen molar-refractivity contribution in [3.8, 4) is 22.6 Å². The largest absolute Gasteiger partial charge is 0.497 e. The number of hydrogen-bond acceptors (Lipinski definition) is 6. The van der Waals surface area contributed by atoms with Gasteiger partial charge in [-0.3, -0.25) is 0 Å². The molecular weight excluding hydrogens is 608 g/mol. The fourth-order valence-electron chi connectivity index (χ4n) is 8.50. The van der Waals surface area contributed by atoms with Crippen molar-refractivity contribution < 1.29 is 18.9 Å². The number of anilines is 2. The van der Waals surface area contributed by atoms with Gasteiger partial charge in [0.05, 0.1) is 33.5 Å². The van der Waals surface area contributed by atoms with E-state index in [4.69, 9.17) is 18.9 Å². The summed E-state index contributed by atoms with van der Waals surface area (Å²) in [6, 6.07) is 33.1. The van der Waals surface area contributed by atoms with E-state index in [2.05, 4.69) is 115 Å². The van der Waals surface area contributed by atoms with Crippen LogP contribution in [0, 0.1) is 0 Å². The first kappa shape index (κ1) is 30.3. The lowest BCUT2D eigenvalue weighted by Crippen LogP contribution is -2.37. The number of ether oxygens (including phenoxy) is 4. The van der Waals surface area contributed by atoms with Crippen molar-refractivity contribution in [1.82, 2.24) is 0 Å². The number of fused-ring (bicyclic) bond motifs is 8. The van der Waals surface area contributed by atoms with Crippen molar-refractivity contribution >= 4 is 28.2 Å². The van der Waals surface area contributed by atoms with Crippen molar-refractivity contribution in [2.24, 2.45) is 0 Å². The number of rotatable bonds is 5. The smallest absolute Gasteiger partial charge is 0.178 e. The molecular formula is C43H42N2O4. The first-order valence-electron chi connectivity index (χ1n) is 17.5. The van der Waals surface area contributed by atoms with Crippen LogP contribution in [0.15, 0.2) is 97.1 Å². The lowest BCUT2D eigenvalue weighted by Gasteiger charge is -2.39. The molecule has 0 radical (unpaired) electrons. The van der Waals surface area contributed by atoms with Crippen molar-refractivity contribution in [3.05, 3.63) is 125 Å². The zero-order valence-electron chi connectivity index (χ0n) is 28.5. The highest BCUT2D eigenvalue weighted by atomic mass is 16.5. The standard InChI is InChI=1S/C43H42N2O4/c1-42(2)38-28-32(45-22-26-48-27-23-45)14-17-36(38)39-34-6-4-5-7-35(34)41-37(40(39)42)18-19-43(49-41,30-10-15-33(46-3)16-11-30)29-8-12-31(13-9-29)44-20-24-47-25-21-44/h4-19,28H,20-27H2,1-3H3. The summed E-state index contributed by atoms with van der Waals surface area (Å²) in [6.07, 6.45) is 4.61. The molecule has 0 N–H and O–H groups in total.